The molecule has 0 aliphatic carbocycles. The molecular formula is C19H31NO2. The molecule has 0 saturated carbocycles. The van der Waals surface area contributed by atoms with Crippen molar-refractivity contribution >= 4 is 11.7 Å². The maximum absolute atomic E-state index is 11.2. The number of rotatable bonds is 12. The van der Waals surface area contributed by atoms with Crippen LogP contribution >= 0.6 is 0 Å². The Kier molecular flexibility index (Phi) is 9.36. The fraction of sp³-hybridized carbons (Fsp3) is 0.632. The van der Waals surface area contributed by atoms with Crippen molar-refractivity contribution in [2.45, 2.75) is 77.6 Å². The lowest BCUT2D eigenvalue weighted by Crippen LogP contribution is -2.03. The van der Waals surface area contributed by atoms with Crippen molar-refractivity contribution < 1.29 is 9.90 Å². The Morgan fingerprint density at radius 3 is 2.05 bits per heavy atom. The molecule has 3 N–H and O–H groups in total. The van der Waals surface area contributed by atoms with Crippen molar-refractivity contribution in [3.8, 4) is 0 Å². The van der Waals surface area contributed by atoms with Crippen LogP contribution < -0.4 is 5.73 Å². The summed E-state index contributed by atoms with van der Waals surface area (Å²) in [6.45, 7) is 2.25. The van der Waals surface area contributed by atoms with E-state index in [0.29, 0.717) is 11.3 Å². The standard InChI is InChI=1S/C19H31NO2/c1-2-3-4-5-6-7-8-9-10-11-12-16-15-17(20)13-14-18(16)19(21)22/h13-15H,2-12,20H2,1H3,(H,21,22). The SMILES string of the molecule is CCCCCCCCCCCCc1cc(N)ccc1C(=O)O. The first-order valence-electron chi connectivity index (χ1n) is 8.77. The second-order valence-corrected chi connectivity index (χ2v) is 6.15. The maximum atomic E-state index is 11.2. The van der Waals surface area contributed by atoms with Crippen LogP contribution in [0.2, 0.25) is 0 Å². The highest BCUT2D eigenvalue weighted by Crippen LogP contribution is 2.18. The minimum Gasteiger partial charge on any atom is -0.478 e. The fourth-order valence-corrected chi connectivity index (χ4v) is 2.83. The van der Waals surface area contributed by atoms with Crippen LogP contribution in [0, 0.1) is 0 Å². The average Bonchev–Trinajstić information content (AvgIpc) is 2.49. The highest BCUT2D eigenvalue weighted by Gasteiger charge is 2.09. The van der Waals surface area contributed by atoms with E-state index >= 15 is 0 Å². The van der Waals surface area contributed by atoms with Crippen LogP contribution in [0.5, 0.6) is 0 Å². The van der Waals surface area contributed by atoms with E-state index in [-0.39, 0.29) is 0 Å². The number of benzene rings is 1. The summed E-state index contributed by atoms with van der Waals surface area (Å²) in [5, 5.41) is 9.18. The fourth-order valence-electron chi connectivity index (χ4n) is 2.83. The molecule has 3 heteroatoms. The van der Waals surface area contributed by atoms with Crippen molar-refractivity contribution in [3.63, 3.8) is 0 Å². The summed E-state index contributed by atoms with van der Waals surface area (Å²) in [5.74, 6) is -0.859. The molecule has 0 radical (unpaired) electrons. The van der Waals surface area contributed by atoms with E-state index in [1.807, 2.05) is 0 Å². The molecule has 22 heavy (non-hydrogen) atoms. The Labute approximate surface area is 134 Å². The number of aryl methyl sites for hydroxylation is 1. The van der Waals surface area contributed by atoms with Gasteiger partial charge < -0.3 is 10.8 Å². The normalized spacial score (nSPS) is 10.8. The second-order valence-electron chi connectivity index (χ2n) is 6.15. The molecule has 0 bridgehead atoms. The van der Waals surface area contributed by atoms with Crippen molar-refractivity contribution in [2.24, 2.45) is 0 Å². The number of anilines is 1. The molecule has 0 saturated heterocycles. The number of nitrogen functional groups attached to an aromatic ring is 1. The highest BCUT2D eigenvalue weighted by molar-refractivity contribution is 5.89. The summed E-state index contributed by atoms with van der Waals surface area (Å²) in [5.41, 5.74) is 7.66. The highest BCUT2D eigenvalue weighted by atomic mass is 16.4. The Bertz CT molecular complexity index is 443. The molecule has 124 valence electrons. The molecular weight excluding hydrogens is 274 g/mol. The van der Waals surface area contributed by atoms with Crippen LogP contribution in [-0.4, -0.2) is 11.1 Å². The van der Waals surface area contributed by atoms with Crippen LogP contribution in [0.15, 0.2) is 18.2 Å². The summed E-state index contributed by atoms with van der Waals surface area (Å²) in [4.78, 5) is 11.2. The third-order valence-corrected chi connectivity index (χ3v) is 4.16. The molecule has 0 fully saturated rings. The van der Waals surface area contributed by atoms with Crippen LogP contribution in [0.3, 0.4) is 0 Å². The van der Waals surface area contributed by atoms with Crippen molar-refractivity contribution in [1.29, 1.82) is 0 Å². The van der Waals surface area contributed by atoms with Crippen molar-refractivity contribution in [2.75, 3.05) is 5.73 Å². The van der Waals surface area contributed by atoms with E-state index in [2.05, 4.69) is 6.92 Å². The van der Waals surface area contributed by atoms with Gasteiger partial charge in [0.25, 0.3) is 0 Å². The third-order valence-electron chi connectivity index (χ3n) is 4.16. The first-order valence-corrected chi connectivity index (χ1v) is 8.77. The molecule has 1 aromatic carbocycles. The van der Waals surface area contributed by atoms with E-state index < -0.39 is 5.97 Å². The number of carboxylic acid groups (broad SMARTS) is 1. The maximum Gasteiger partial charge on any atom is 0.335 e. The van der Waals surface area contributed by atoms with E-state index in [9.17, 15) is 9.90 Å². The van der Waals surface area contributed by atoms with Crippen molar-refractivity contribution in [3.05, 3.63) is 29.3 Å². The number of hydrogen-bond donors (Lipinski definition) is 2. The molecule has 0 atom stereocenters. The van der Waals surface area contributed by atoms with Crippen LogP contribution in [0.4, 0.5) is 5.69 Å². The number of aromatic carboxylic acids is 1. The quantitative estimate of drug-likeness (QED) is 0.400. The van der Waals surface area contributed by atoms with E-state index in [1.165, 1.54) is 57.8 Å². The van der Waals surface area contributed by atoms with Gasteiger partial charge in [-0.2, -0.15) is 0 Å². The summed E-state index contributed by atoms with van der Waals surface area (Å²) >= 11 is 0. The van der Waals surface area contributed by atoms with Gasteiger partial charge in [-0.1, -0.05) is 64.7 Å². The molecule has 3 nitrogen and oxygen atoms in total. The van der Waals surface area contributed by atoms with Gasteiger partial charge in [-0.15, -0.1) is 0 Å². The molecule has 0 aliphatic rings. The summed E-state index contributed by atoms with van der Waals surface area (Å²) < 4.78 is 0. The Balaban J connectivity index is 2.15. The molecule has 0 aliphatic heterocycles. The molecule has 0 spiro atoms. The summed E-state index contributed by atoms with van der Waals surface area (Å²) in [6.07, 6.45) is 13.7. The monoisotopic (exact) mass is 305 g/mol. The zero-order chi connectivity index (χ0) is 16.2. The molecule has 0 aromatic heterocycles. The lowest BCUT2D eigenvalue weighted by Gasteiger charge is -2.07. The van der Waals surface area contributed by atoms with E-state index in [1.54, 1.807) is 18.2 Å². The summed E-state index contributed by atoms with van der Waals surface area (Å²) in [6, 6.07) is 5.08. The zero-order valence-corrected chi connectivity index (χ0v) is 13.9. The average molecular weight is 305 g/mol. The van der Waals surface area contributed by atoms with Gasteiger partial charge in [-0.05, 0) is 36.6 Å². The lowest BCUT2D eigenvalue weighted by atomic mass is 9.99. The molecule has 1 rings (SSSR count). The van der Waals surface area contributed by atoms with E-state index in [4.69, 9.17) is 5.73 Å². The van der Waals surface area contributed by atoms with Gasteiger partial charge >= 0.3 is 5.97 Å². The van der Waals surface area contributed by atoms with Crippen molar-refractivity contribution in [1.82, 2.24) is 0 Å². The third kappa shape index (κ3) is 7.48. The topological polar surface area (TPSA) is 63.3 Å². The summed E-state index contributed by atoms with van der Waals surface area (Å²) in [7, 11) is 0. The largest absolute Gasteiger partial charge is 0.478 e. The van der Waals surface area contributed by atoms with Gasteiger partial charge in [-0.3, -0.25) is 0 Å². The second kappa shape index (κ2) is 11.1. The number of nitrogens with two attached hydrogens (primary N) is 1. The van der Waals surface area contributed by atoms with Crippen LogP contribution in [-0.2, 0) is 6.42 Å². The Morgan fingerprint density at radius 1 is 0.955 bits per heavy atom. The number of unbranched alkanes of at least 4 members (excludes halogenated alkanes) is 9. The number of hydrogen-bond acceptors (Lipinski definition) is 2. The van der Waals surface area contributed by atoms with Gasteiger partial charge in [0.15, 0.2) is 0 Å². The lowest BCUT2D eigenvalue weighted by molar-refractivity contribution is 0.0695. The molecule has 0 amide bonds. The van der Waals surface area contributed by atoms with E-state index in [0.717, 1.165) is 18.4 Å². The molecule has 0 unspecified atom stereocenters. The number of carboxylic acids is 1. The minimum atomic E-state index is -0.859. The number of carbonyl (C=O) groups is 1. The van der Waals surface area contributed by atoms with Gasteiger partial charge in [0, 0.05) is 5.69 Å². The van der Waals surface area contributed by atoms with Crippen LogP contribution in [0.25, 0.3) is 0 Å². The molecule has 0 heterocycles. The van der Waals surface area contributed by atoms with Gasteiger partial charge in [0.1, 0.15) is 0 Å². The smallest absolute Gasteiger partial charge is 0.335 e. The minimum absolute atomic E-state index is 0.394. The van der Waals surface area contributed by atoms with Gasteiger partial charge in [-0.25, -0.2) is 4.79 Å². The van der Waals surface area contributed by atoms with Gasteiger partial charge in [0.2, 0.25) is 0 Å². The van der Waals surface area contributed by atoms with Crippen LogP contribution in [0.1, 0.15) is 87.1 Å². The predicted molar refractivity (Wildman–Crippen MR) is 93.4 cm³/mol. The van der Waals surface area contributed by atoms with Gasteiger partial charge in [0.05, 0.1) is 5.56 Å². The first-order chi connectivity index (χ1) is 10.6. The molecule has 1 aromatic rings. The Hall–Kier alpha value is -1.51. The zero-order valence-electron chi connectivity index (χ0n) is 13.9. The predicted octanol–water partition coefficient (Wildman–Crippen LogP) is 5.43. The first kappa shape index (κ1) is 18.5. The Morgan fingerprint density at radius 2 is 1.50 bits per heavy atom.